The first-order valence-corrected chi connectivity index (χ1v) is 7.28. The molecule has 110 valence electrons. The maximum atomic E-state index is 12.8. The number of ketones is 1. The van der Waals surface area contributed by atoms with Gasteiger partial charge in [-0.1, -0.05) is 29.9 Å². The molecule has 4 nitrogen and oxygen atoms in total. The summed E-state index contributed by atoms with van der Waals surface area (Å²) >= 11 is 10.9. The zero-order valence-corrected chi connectivity index (χ0v) is 13.0. The van der Waals surface area contributed by atoms with E-state index in [4.69, 9.17) is 35.3 Å². The molecule has 0 saturated heterocycles. The van der Waals surface area contributed by atoms with Crippen molar-refractivity contribution >= 4 is 45.8 Å². The molecule has 0 bridgehead atoms. The van der Waals surface area contributed by atoms with Gasteiger partial charge in [0.2, 0.25) is 5.78 Å². The molecular weight excluding hydrogens is 318 g/mol. The average Bonchev–Trinajstić information content (AvgIpc) is 2.79. The number of fused-ring (bicyclic) bond motifs is 1. The van der Waals surface area contributed by atoms with Crippen LogP contribution in [0.1, 0.15) is 21.6 Å². The van der Waals surface area contributed by atoms with E-state index in [-0.39, 0.29) is 10.8 Å². The van der Waals surface area contributed by atoms with E-state index in [1.54, 1.807) is 34.9 Å². The third-order valence-corrected chi connectivity index (χ3v) is 3.91. The largest absolute Gasteiger partial charge is 0.396 e. The zero-order chi connectivity index (χ0) is 15.9. The second-order valence-corrected chi connectivity index (χ2v) is 5.67. The van der Waals surface area contributed by atoms with Crippen molar-refractivity contribution in [3.8, 4) is 0 Å². The van der Waals surface area contributed by atoms with E-state index >= 15 is 0 Å². The van der Waals surface area contributed by atoms with Crippen LogP contribution in [0.3, 0.4) is 0 Å². The maximum Gasteiger partial charge on any atom is 0.211 e. The molecule has 0 fully saturated rings. The van der Waals surface area contributed by atoms with Crippen molar-refractivity contribution in [1.29, 1.82) is 0 Å². The normalized spacial score (nSPS) is 10.8. The van der Waals surface area contributed by atoms with Crippen molar-refractivity contribution < 1.29 is 4.79 Å². The van der Waals surface area contributed by atoms with E-state index in [1.165, 1.54) is 0 Å². The Labute approximate surface area is 137 Å². The number of rotatable bonds is 3. The van der Waals surface area contributed by atoms with Crippen LogP contribution in [0, 0.1) is 0 Å². The number of anilines is 1. The van der Waals surface area contributed by atoms with Gasteiger partial charge in [-0.2, -0.15) is 0 Å². The topological polar surface area (TPSA) is 73.5 Å². The van der Waals surface area contributed by atoms with Crippen molar-refractivity contribution in [2.45, 2.75) is 0 Å². The van der Waals surface area contributed by atoms with Crippen LogP contribution in [0.15, 0.2) is 48.7 Å². The van der Waals surface area contributed by atoms with Crippen LogP contribution in [0.25, 0.3) is 5.52 Å². The van der Waals surface area contributed by atoms with E-state index in [1.807, 2.05) is 18.2 Å². The van der Waals surface area contributed by atoms with Crippen LogP contribution < -0.4 is 11.5 Å². The number of carbonyl (C=O) groups is 1. The lowest BCUT2D eigenvalue weighted by Gasteiger charge is -2.04. The van der Waals surface area contributed by atoms with Crippen molar-refractivity contribution in [2.75, 3.05) is 5.73 Å². The molecular formula is C16H12ClN3OS. The highest BCUT2D eigenvalue weighted by atomic mass is 35.5. The maximum absolute atomic E-state index is 12.8. The Morgan fingerprint density at radius 2 is 1.82 bits per heavy atom. The van der Waals surface area contributed by atoms with Gasteiger partial charge in [0.1, 0.15) is 10.7 Å². The molecule has 0 aliphatic heterocycles. The number of nitrogens with two attached hydrogens (primary N) is 2. The van der Waals surface area contributed by atoms with Crippen LogP contribution >= 0.6 is 23.8 Å². The fourth-order valence-corrected chi connectivity index (χ4v) is 2.80. The summed E-state index contributed by atoms with van der Waals surface area (Å²) in [5.41, 5.74) is 14.3. The smallest absolute Gasteiger partial charge is 0.211 e. The van der Waals surface area contributed by atoms with Crippen LogP contribution in [0.4, 0.5) is 5.69 Å². The summed E-state index contributed by atoms with van der Waals surface area (Å²) in [7, 11) is 0. The summed E-state index contributed by atoms with van der Waals surface area (Å²) in [5, 5.41) is 0.563. The van der Waals surface area contributed by atoms with Gasteiger partial charge in [0.25, 0.3) is 0 Å². The molecule has 0 aliphatic carbocycles. The molecule has 0 atom stereocenters. The summed E-state index contributed by atoms with van der Waals surface area (Å²) in [4.78, 5) is 13.0. The Morgan fingerprint density at radius 1 is 1.14 bits per heavy atom. The number of nitrogens with zero attached hydrogens (tertiary/aromatic N) is 1. The van der Waals surface area contributed by atoms with Crippen molar-refractivity contribution in [3.63, 3.8) is 0 Å². The molecule has 1 aromatic carbocycles. The van der Waals surface area contributed by atoms with E-state index in [2.05, 4.69) is 0 Å². The van der Waals surface area contributed by atoms with Gasteiger partial charge in [-0.05, 0) is 36.4 Å². The summed E-state index contributed by atoms with van der Waals surface area (Å²) < 4.78 is 1.71. The SMILES string of the molecule is NC(=S)c1c(N)c(C(=O)c2ccc(Cl)cc2)n2ccccc12. The molecule has 2 heterocycles. The number of hydrogen-bond acceptors (Lipinski definition) is 3. The quantitative estimate of drug-likeness (QED) is 0.572. The Hall–Kier alpha value is -2.37. The van der Waals surface area contributed by atoms with E-state index in [0.717, 1.165) is 0 Å². The van der Waals surface area contributed by atoms with Crippen LogP contribution in [-0.2, 0) is 0 Å². The minimum Gasteiger partial charge on any atom is -0.396 e. The van der Waals surface area contributed by atoms with Gasteiger partial charge in [0.05, 0.1) is 16.8 Å². The van der Waals surface area contributed by atoms with E-state index < -0.39 is 0 Å². The molecule has 3 aromatic rings. The lowest BCUT2D eigenvalue weighted by Crippen LogP contribution is -2.12. The summed E-state index contributed by atoms with van der Waals surface area (Å²) in [5.74, 6) is -0.210. The fourth-order valence-electron chi connectivity index (χ4n) is 2.46. The van der Waals surface area contributed by atoms with E-state index in [0.29, 0.717) is 33.0 Å². The number of nitrogen functional groups attached to an aromatic ring is 1. The second kappa shape index (κ2) is 5.44. The van der Waals surface area contributed by atoms with Crippen LogP contribution in [0.5, 0.6) is 0 Å². The minimum atomic E-state index is -0.210. The third kappa shape index (κ3) is 2.24. The molecule has 2 aromatic heterocycles. The molecule has 0 saturated carbocycles. The Kier molecular flexibility index (Phi) is 3.60. The van der Waals surface area contributed by atoms with Crippen molar-refractivity contribution in [3.05, 3.63) is 70.5 Å². The first-order chi connectivity index (χ1) is 10.5. The molecule has 3 rings (SSSR count). The van der Waals surface area contributed by atoms with Gasteiger partial charge in [0, 0.05) is 16.8 Å². The Bertz CT molecular complexity index is 900. The first-order valence-electron chi connectivity index (χ1n) is 6.49. The number of hydrogen-bond donors (Lipinski definition) is 2. The minimum absolute atomic E-state index is 0.163. The molecule has 22 heavy (non-hydrogen) atoms. The van der Waals surface area contributed by atoms with Gasteiger partial charge in [-0.3, -0.25) is 4.79 Å². The predicted molar refractivity (Wildman–Crippen MR) is 92.6 cm³/mol. The number of aromatic nitrogens is 1. The van der Waals surface area contributed by atoms with Crippen molar-refractivity contribution in [2.24, 2.45) is 5.73 Å². The summed E-state index contributed by atoms with van der Waals surface area (Å²) in [6.45, 7) is 0. The van der Waals surface area contributed by atoms with Crippen LogP contribution in [-0.4, -0.2) is 15.2 Å². The molecule has 6 heteroatoms. The van der Waals surface area contributed by atoms with Gasteiger partial charge in [-0.25, -0.2) is 0 Å². The van der Waals surface area contributed by atoms with Gasteiger partial charge < -0.3 is 15.9 Å². The number of halogens is 1. The zero-order valence-electron chi connectivity index (χ0n) is 11.4. The first kappa shape index (κ1) is 14.6. The lowest BCUT2D eigenvalue weighted by molar-refractivity contribution is 0.103. The number of benzene rings is 1. The van der Waals surface area contributed by atoms with Gasteiger partial charge >= 0.3 is 0 Å². The van der Waals surface area contributed by atoms with Crippen molar-refractivity contribution in [1.82, 2.24) is 4.40 Å². The fraction of sp³-hybridized carbons (Fsp3) is 0. The molecule has 0 aliphatic rings. The summed E-state index contributed by atoms with van der Waals surface area (Å²) in [6.07, 6.45) is 1.76. The molecule has 0 spiro atoms. The highest BCUT2D eigenvalue weighted by molar-refractivity contribution is 7.80. The predicted octanol–water partition coefficient (Wildman–Crippen LogP) is 3.04. The van der Waals surface area contributed by atoms with E-state index in [9.17, 15) is 4.79 Å². The number of thiocarbonyl (C=S) groups is 1. The second-order valence-electron chi connectivity index (χ2n) is 4.79. The average molecular weight is 330 g/mol. The summed E-state index contributed by atoms with van der Waals surface area (Å²) in [6, 6.07) is 12.1. The highest BCUT2D eigenvalue weighted by Gasteiger charge is 2.23. The highest BCUT2D eigenvalue weighted by Crippen LogP contribution is 2.28. The van der Waals surface area contributed by atoms with Crippen LogP contribution in [0.2, 0.25) is 5.02 Å². The Morgan fingerprint density at radius 3 is 2.45 bits per heavy atom. The number of carbonyl (C=O) groups excluding carboxylic acids is 1. The molecule has 0 radical (unpaired) electrons. The van der Waals surface area contributed by atoms with Gasteiger partial charge in [-0.15, -0.1) is 0 Å². The molecule has 4 N–H and O–H groups in total. The lowest BCUT2D eigenvalue weighted by atomic mass is 10.1. The molecule has 0 amide bonds. The number of pyridine rings is 1. The van der Waals surface area contributed by atoms with Gasteiger partial charge in [0.15, 0.2) is 0 Å². The monoisotopic (exact) mass is 329 g/mol. The molecule has 0 unspecified atom stereocenters. The standard InChI is InChI=1S/C16H12ClN3OS/c17-10-6-4-9(5-7-10)15(21)14-13(18)12(16(19)22)11-3-1-2-8-20(11)14/h1-8H,18H2,(H2,19,22). The Balaban J connectivity index is 2.27. The third-order valence-electron chi connectivity index (χ3n) is 3.45.